The third kappa shape index (κ3) is 3.54. The number of nitrogens with one attached hydrogen (secondary N) is 1. The molecule has 0 spiro atoms. The molecule has 2 aromatic rings. The summed E-state index contributed by atoms with van der Waals surface area (Å²) in [5.41, 5.74) is 6.63. The first-order chi connectivity index (χ1) is 9.06. The van der Waals surface area contributed by atoms with E-state index in [1.54, 1.807) is 0 Å². The van der Waals surface area contributed by atoms with Crippen molar-refractivity contribution in [3.05, 3.63) is 63.9 Å². The molecule has 19 heavy (non-hydrogen) atoms. The van der Waals surface area contributed by atoms with Crippen LogP contribution in [0.15, 0.2) is 46.9 Å². The van der Waals surface area contributed by atoms with Crippen LogP contribution in [0, 0.1) is 11.2 Å². The molecule has 0 fully saturated rings. The van der Waals surface area contributed by atoms with Crippen LogP contribution in [0.2, 0.25) is 0 Å². The maximum absolute atomic E-state index is 13.1. The second kappa shape index (κ2) is 5.84. The monoisotopic (exact) mass is 322 g/mol. The van der Waals surface area contributed by atoms with Crippen LogP contribution in [0.4, 0.5) is 4.39 Å². The van der Waals surface area contributed by atoms with Gasteiger partial charge in [-0.1, -0.05) is 28.1 Å². The van der Waals surface area contributed by atoms with Gasteiger partial charge in [0, 0.05) is 4.47 Å². The number of hydrogen-bond acceptors (Lipinski definition) is 2. The predicted molar refractivity (Wildman–Crippen MR) is 75.9 cm³/mol. The number of nitrogen functional groups attached to an aromatic ring is 1. The summed E-state index contributed by atoms with van der Waals surface area (Å²) in [7, 11) is 0. The number of benzene rings is 2. The first kappa shape index (κ1) is 13.5. The van der Waals surface area contributed by atoms with E-state index in [1.165, 1.54) is 18.2 Å². The average Bonchev–Trinajstić information content (AvgIpc) is 2.37. The zero-order valence-electron chi connectivity index (χ0n) is 9.99. The van der Waals surface area contributed by atoms with E-state index in [9.17, 15) is 4.39 Å². The van der Waals surface area contributed by atoms with Crippen molar-refractivity contribution in [2.75, 3.05) is 0 Å². The number of amidine groups is 1. The molecule has 0 unspecified atom stereocenters. The number of nitrogens with two attached hydrogens (primary N) is 1. The molecule has 2 rings (SSSR count). The molecule has 3 N–H and O–H groups in total. The smallest absolute Gasteiger partial charge is 0.130 e. The minimum atomic E-state index is -0.444. The van der Waals surface area contributed by atoms with E-state index >= 15 is 0 Å². The van der Waals surface area contributed by atoms with E-state index in [-0.39, 0.29) is 11.4 Å². The van der Waals surface area contributed by atoms with E-state index < -0.39 is 5.82 Å². The third-order valence-electron chi connectivity index (χ3n) is 2.52. The van der Waals surface area contributed by atoms with Gasteiger partial charge in [0.1, 0.15) is 24.0 Å². The number of hydrogen-bond donors (Lipinski definition) is 2. The lowest BCUT2D eigenvalue weighted by molar-refractivity contribution is 0.305. The molecule has 98 valence electrons. The van der Waals surface area contributed by atoms with Crippen molar-refractivity contribution in [1.29, 1.82) is 5.41 Å². The molecular weight excluding hydrogens is 311 g/mol. The van der Waals surface area contributed by atoms with Crippen molar-refractivity contribution in [1.82, 2.24) is 0 Å². The lowest BCUT2D eigenvalue weighted by Gasteiger charge is -2.11. The van der Waals surface area contributed by atoms with Crippen LogP contribution in [0.5, 0.6) is 5.75 Å². The van der Waals surface area contributed by atoms with Crippen molar-refractivity contribution < 1.29 is 9.13 Å². The molecule has 3 nitrogen and oxygen atoms in total. The number of ether oxygens (including phenoxy) is 1. The van der Waals surface area contributed by atoms with E-state index in [0.29, 0.717) is 12.4 Å². The van der Waals surface area contributed by atoms with Crippen LogP contribution >= 0.6 is 15.9 Å². The van der Waals surface area contributed by atoms with Gasteiger partial charge < -0.3 is 10.5 Å². The van der Waals surface area contributed by atoms with E-state index in [1.807, 2.05) is 24.3 Å². The van der Waals surface area contributed by atoms with Gasteiger partial charge in [0.2, 0.25) is 0 Å². The molecule has 0 bridgehead atoms. The van der Waals surface area contributed by atoms with Crippen LogP contribution in [0.25, 0.3) is 0 Å². The Morgan fingerprint density at radius 1 is 1.26 bits per heavy atom. The standard InChI is InChI=1S/C14H12BrFN2O/c15-10-3-1-2-9(6-10)8-19-13-5-4-11(16)7-12(13)14(17)18/h1-7H,8H2,(H3,17,18). The highest BCUT2D eigenvalue weighted by Crippen LogP contribution is 2.21. The molecule has 2 aromatic carbocycles. The molecule has 5 heteroatoms. The average molecular weight is 323 g/mol. The largest absolute Gasteiger partial charge is 0.488 e. The molecule has 0 aromatic heterocycles. The summed E-state index contributed by atoms with van der Waals surface area (Å²) in [5, 5.41) is 7.41. The fourth-order valence-electron chi connectivity index (χ4n) is 1.63. The first-order valence-electron chi connectivity index (χ1n) is 5.57. The highest BCUT2D eigenvalue weighted by molar-refractivity contribution is 9.10. The maximum Gasteiger partial charge on any atom is 0.130 e. The Morgan fingerprint density at radius 2 is 2.05 bits per heavy atom. The molecule has 0 aliphatic heterocycles. The van der Waals surface area contributed by atoms with Crippen LogP contribution in [0.1, 0.15) is 11.1 Å². The molecule has 0 atom stereocenters. The predicted octanol–water partition coefficient (Wildman–Crippen LogP) is 3.45. The second-order valence-corrected chi connectivity index (χ2v) is 4.89. The lowest BCUT2D eigenvalue weighted by Crippen LogP contribution is -2.13. The summed E-state index contributed by atoms with van der Waals surface area (Å²) in [6, 6.07) is 11.6. The molecule has 0 aliphatic rings. The first-order valence-corrected chi connectivity index (χ1v) is 6.37. The number of halogens is 2. The lowest BCUT2D eigenvalue weighted by atomic mass is 10.1. The Hall–Kier alpha value is -1.88. The van der Waals surface area contributed by atoms with Crippen LogP contribution in [-0.2, 0) is 6.61 Å². The Balaban J connectivity index is 2.17. The van der Waals surface area contributed by atoms with Gasteiger partial charge in [-0.3, -0.25) is 5.41 Å². The van der Waals surface area contributed by atoms with Gasteiger partial charge in [0.05, 0.1) is 5.56 Å². The minimum Gasteiger partial charge on any atom is -0.488 e. The van der Waals surface area contributed by atoms with Gasteiger partial charge >= 0.3 is 0 Å². The number of rotatable bonds is 4. The Morgan fingerprint density at radius 3 is 2.74 bits per heavy atom. The summed E-state index contributed by atoms with van der Waals surface area (Å²) in [5.74, 6) is -0.266. The maximum atomic E-state index is 13.1. The summed E-state index contributed by atoms with van der Waals surface area (Å²) < 4.78 is 19.7. The third-order valence-corrected chi connectivity index (χ3v) is 3.01. The van der Waals surface area contributed by atoms with Crippen molar-refractivity contribution in [2.24, 2.45) is 5.73 Å². The van der Waals surface area contributed by atoms with Crippen molar-refractivity contribution >= 4 is 21.8 Å². The van der Waals surface area contributed by atoms with Crippen LogP contribution in [-0.4, -0.2) is 5.84 Å². The second-order valence-electron chi connectivity index (χ2n) is 3.97. The molecule has 0 heterocycles. The van der Waals surface area contributed by atoms with Gasteiger partial charge in [-0.05, 0) is 35.9 Å². The fraction of sp³-hybridized carbons (Fsp3) is 0.0714. The summed E-state index contributed by atoms with van der Waals surface area (Å²) in [6.07, 6.45) is 0. The molecule has 0 radical (unpaired) electrons. The molecule has 0 saturated carbocycles. The van der Waals surface area contributed by atoms with Gasteiger partial charge in [0.15, 0.2) is 0 Å². The minimum absolute atomic E-state index is 0.219. The van der Waals surface area contributed by atoms with Crippen molar-refractivity contribution in [2.45, 2.75) is 6.61 Å². The van der Waals surface area contributed by atoms with Crippen LogP contribution in [0.3, 0.4) is 0 Å². The fourth-order valence-corrected chi connectivity index (χ4v) is 2.07. The van der Waals surface area contributed by atoms with Gasteiger partial charge in [0.25, 0.3) is 0 Å². The quantitative estimate of drug-likeness (QED) is 0.669. The topological polar surface area (TPSA) is 59.1 Å². The normalized spacial score (nSPS) is 10.2. The van der Waals surface area contributed by atoms with Gasteiger partial charge in [-0.2, -0.15) is 0 Å². The SMILES string of the molecule is N=C(N)c1cc(F)ccc1OCc1cccc(Br)c1. The Bertz CT molecular complexity index is 616. The molecule has 0 aliphatic carbocycles. The highest BCUT2D eigenvalue weighted by atomic mass is 79.9. The van der Waals surface area contributed by atoms with E-state index in [4.69, 9.17) is 15.9 Å². The summed E-state index contributed by atoms with van der Waals surface area (Å²) >= 11 is 3.38. The van der Waals surface area contributed by atoms with Crippen LogP contribution < -0.4 is 10.5 Å². The molecular formula is C14H12BrFN2O. The van der Waals surface area contributed by atoms with Gasteiger partial charge in [-0.25, -0.2) is 4.39 Å². The van der Waals surface area contributed by atoms with Crippen molar-refractivity contribution in [3.8, 4) is 5.75 Å². The summed E-state index contributed by atoms with van der Waals surface area (Å²) in [4.78, 5) is 0. The highest BCUT2D eigenvalue weighted by Gasteiger charge is 2.08. The molecule has 0 amide bonds. The Labute approximate surface area is 118 Å². The van der Waals surface area contributed by atoms with Crippen molar-refractivity contribution in [3.63, 3.8) is 0 Å². The zero-order chi connectivity index (χ0) is 13.8. The van der Waals surface area contributed by atoms with E-state index in [0.717, 1.165) is 10.0 Å². The summed E-state index contributed by atoms with van der Waals surface area (Å²) in [6.45, 7) is 0.325. The Kier molecular flexibility index (Phi) is 4.16. The van der Waals surface area contributed by atoms with Gasteiger partial charge in [-0.15, -0.1) is 0 Å². The molecule has 0 saturated heterocycles. The zero-order valence-corrected chi connectivity index (χ0v) is 11.6. The van der Waals surface area contributed by atoms with E-state index in [2.05, 4.69) is 15.9 Å².